The maximum atomic E-state index is 14.0. The molecule has 1 fully saturated rings. The molecular weight excluding hydrogens is 433 g/mol. The average molecular weight is 456 g/mol. The lowest BCUT2D eigenvalue weighted by molar-refractivity contribution is -0.126. The number of carbonyl (C=O) groups is 2. The summed E-state index contributed by atoms with van der Waals surface area (Å²) in [6.07, 6.45) is 4.18. The maximum absolute atomic E-state index is 14.0. The van der Waals surface area contributed by atoms with Crippen LogP contribution in [0.2, 0.25) is 0 Å². The largest absolute Gasteiger partial charge is 0.342 e. The highest BCUT2D eigenvalue weighted by molar-refractivity contribution is 5.94. The molecule has 0 aliphatic carbocycles. The highest BCUT2D eigenvalue weighted by atomic mass is 19.1. The molecular formula is C24H23F3N4O2. The Balaban J connectivity index is 1.43. The average Bonchev–Trinajstić information content (AvgIpc) is 3.23. The van der Waals surface area contributed by atoms with E-state index in [-0.39, 0.29) is 36.3 Å². The van der Waals surface area contributed by atoms with Crippen molar-refractivity contribution in [1.82, 2.24) is 19.8 Å². The van der Waals surface area contributed by atoms with Gasteiger partial charge in [0, 0.05) is 44.5 Å². The molecule has 4 rings (SSSR count). The molecule has 1 atom stereocenters. The van der Waals surface area contributed by atoms with Crippen LogP contribution in [0.4, 0.5) is 13.2 Å². The second-order valence-corrected chi connectivity index (χ2v) is 8.08. The molecule has 2 heterocycles. The summed E-state index contributed by atoms with van der Waals surface area (Å²) in [5.41, 5.74) is 0.504. The number of rotatable bonds is 5. The third-order valence-electron chi connectivity index (χ3n) is 5.92. The summed E-state index contributed by atoms with van der Waals surface area (Å²) in [5.74, 6) is -2.50. The van der Waals surface area contributed by atoms with Crippen molar-refractivity contribution < 1.29 is 22.8 Å². The van der Waals surface area contributed by atoms with E-state index in [1.807, 2.05) is 7.05 Å². The minimum absolute atomic E-state index is 0.189. The van der Waals surface area contributed by atoms with E-state index in [0.717, 1.165) is 12.1 Å². The van der Waals surface area contributed by atoms with Gasteiger partial charge in [-0.05, 0) is 42.7 Å². The lowest BCUT2D eigenvalue weighted by Gasteiger charge is -2.32. The smallest absolute Gasteiger partial charge is 0.256 e. The summed E-state index contributed by atoms with van der Waals surface area (Å²) in [5, 5.41) is 3.01. The van der Waals surface area contributed by atoms with Gasteiger partial charge in [-0.3, -0.25) is 9.59 Å². The van der Waals surface area contributed by atoms with Gasteiger partial charge in [0.05, 0.1) is 5.56 Å². The number of halogens is 3. The number of nitrogens with one attached hydrogen (secondary N) is 1. The van der Waals surface area contributed by atoms with Crippen molar-refractivity contribution in [3.8, 4) is 0 Å². The Morgan fingerprint density at radius 3 is 2.30 bits per heavy atom. The van der Waals surface area contributed by atoms with Crippen molar-refractivity contribution in [2.45, 2.75) is 18.9 Å². The summed E-state index contributed by atoms with van der Waals surface area (Å²) in [6.45, 7) is 0.550. The summed E-state index contributed by atoms with van der Waals surface area (Å²) in [6, 6.07) is 8.16. The fourth-order valence-electron chi connectivity index (χ4n) is 4.05. The number of amides is 2. The van der Waals surface area contributed by atoms with E-state index in [1.54, 1.807) is 29.1 Å². The zero-order chi connectivity index (χ0) is 23.5. The second-order valence-electron chi connectivity index (χ2n) is 8.08. The number of hydrogen-bond acceptors (Lipinski definition) is 3. The van der Waals surface area contributed by atoms with Gasteiger partial charge in [-0.25, -0.2) is 18.2 Å². The van der Waals surface area contributed by atoms with Crippen molar-refractivity contribution in [2.75, 3.05) is 13.1 Å². The van der Waals surface area contributed by atoms with E-state index >= 15 is 0 Å². The van der Waals surface area contributed by atoms with E-state index in [1.165, 1.54) is 17.0 Å². The molecule has 2 aromatic carbocycles. The van der Waals surface area contributed by atoms with Crippen LogP contribution in [-0.2, 0) is 11.8 Å². The summed E-state index contributed by atoms with van der Waals surface area (Å²) in [7, 11) is 1.81. The van der Waals surface area contributed by atoms with Crippen molar-refractivity contribution in [2.24, 2.45) is 13.0 Å². The Bertz CT molecular complexity index is 1150. The van der Waals surface area contributed by atoms with Crippen LogP contribution in [0.25, 0.3) is 0 Å². The van der Waals surface area contributed by atoms with Gasteiger partial charge in [0.2, 0.25) is 5.91 Å². The number of aromatic nitrogens is 2. The van der Waals surface area contributed by atoms with Gasteiger partial charge in [0.1, 0.15) is 29.3 Å². The van der Waals surface area contributed by atoms with Crippen molar-refractivity contribution >= 4 is 11.8 Å². The molecule has 0 spiro atoms. The molecule has 0 radical (unpaired) electrons. The number of carbonyl (C=O) groups excluding carboxylic acids is 2. The third kappa shape index (κ3) is 4.92. The maximum Gasteiger partial charge on any atom is 0.256 e. The van der Waals surface area contributed by atoms with E-state index in [2.05, 4.69) is 10.3 Å². The monoisotopic (exact) mass is 456 g/mol. The van der Waals surface area contributed by atoms with E-state index < -0.39 is 23.6 Å². The Hall–Kier alpha value is -3.62. The number of nitrogens with zero attached hydrogens (tertiary/aromatic N) is 3. The standard InChI is InChI=1S/C24H23F3N4O2/c1-30-13-10-28-22(30)21(15-2-4-17(25)5-3-15)29-23(32)16-8-11-31(12-9-16)24(33)19-7-6-18(26)14-20(19)27/h2-7,10,13-14,16,21H,8-9,11-12H2,1H3,(H,29,32). The van der Waals surface area contributed by atoms with Crippen molar-refractivity contribution in [3.63, 3.8) is 0 Å². The number of piperidine rings is 1. The molecule has 1 aromatic heterocycles. The third-order valence-corrected chi connectivity index (χ3v) is 5.92. The molecule has 1 aliphatic rings. The minimum Gasteiger partial charge on any atom is -0.342 e. The lowest BCUT2D eigenvalue weighted by atomic mass is 9.94. The Labute approximate surface area is 189 Å². The first-order valence-corrected chi connectivity index (χ1v) is 10.6. The van der Waals surface area contributed by atoms with Gasteiger partial charge in [-0.2, -0.15) is 0 Å². The topological polar surface area (TPSA) is 67.2 Å². The van der Waals surface area contributed by atoms with Crippen molar-refractivity contribution in [1.29, 1.82) is 0 Å². The molecule has 9 heteroatoms. The minimum atomic E-state index is -0.905. The van der Waals surface area contributed by atoms with Gasteiger partial charge in [0.25, 0.3) is 5.91 Å². The molecule has 0 saturated carbocycles. The second kappa shape index (κ2) is 9.48. The molecule has 1 unspecified atom stereocenters. The van der Waals surface area contributed by atoms with E-state index in [9.17, 15) is 22.8 Å². The summed E-state index contributed by atoms with van der Waals surface area (Å²) < 4.78 is 42.3. The lowest BCUT2D eigenvalue weighted by Crippen LogP contribution is -2.44. The molecule has 2 amide bonds. The SMILES string of the molecule is Cn1ccnc1C(NC(=O)C1CCN(C(=O)c2ccc(F)cc2F)CC1)c1ccc(F)cc1. The summed E-state index contributed by atoms with van der Waals surface area (Å²) >= 11 is 0. The quantitative estimate of drug-likeness (QED) is 0.638. The number of hydrogen-bond donors (Lipinski definition) is 1. The number of imidazole rings is 1. The van der Waals surface area contributed by atoms with Gasteiger partial charge < -0.3 is 14.8 Å². The van der Waals surface area contributed by atoms with Crippen LogP contribution < -0.4 is 5.32 Å². The Morgan fingerprint density at radius 2 is 1.70 bits per heavy atom. The molecule has 3 aromatic rings. The fraction of sp³-hybridized carbons (Fsp3) is 0.292. The van der Waals surface area contributed by atoms with Crippen LogP contribution in [-0.4, -0.2) is 39.4 Å². The molecule has 172 valence electrons. The molecule has 33 heavy (non-hydrogen) atoms. The Morgan fingerprint density at radius 1 is 1.03 bits per heavy atom. The molecule has 1 N–H and O–H groups in total. The van der Waals surface area contributed by atoms with Crippen molar-refractivity contribution in [3.05, 3.63) is 89.3 Å². The molecule has 0 bridgehead atoms. The number of benzene rings is 2. The Kier molecular flexibility index (Phi) is 6.48. The van der Waals surface area contributed by atoms with Crippen LogP contribution in [0.5, 0.6) is 0 Å². The van der Waals surface area contributed by atoms with E-state index in [0.29, 0.717) is 30.3 Å². The zero-order valence-corrected chi connectivity index (χ0v) is 18.0. The van der Waals surface area contributed by atoms with Crippen LogP contribution in [0.1, 0.15) is 40.6 Å². The van der Waals surface area contributed by atoms with Crippen LogP contribution in [0.3, 0.4) is 0 Å². The fourth-order valence-corrected chi connectivity index (χ4v) is 4.05. The van der Waals surface area contributed by atoms with Gasteiger partial charge in [0.15, 0.2) is 0 Å². The van der Waals surface area contributed by atoms with Gasteiger partial charge >= 0.3 is 0 Å². The van der Waals surface area contributed by atoms with Crippen LogP contribution >= 0.6 is 0 Å². The number of aryl methyl sites for hydroxylation is 1. The first-order valence-electron chi connectivity index (χ1n) is 10.6. The molecule has 6 nitrogen and oxygen atoms in total. The zero-order valence-electron chi connectivity index (χ0n) is 18.0. The predicted octanol–water partition coefficient (Wildman–Crippen LogP) is 3.60. The summed E-state index contributed by atoms with van der Waals surface area (Å²) in [4.78, 5) is 31.5. The van der Waals surface area contributed by atoms with Gasteiger partial charge in [-0.15, -0.1) is 0 Å². The van der Waals surface area contributed by atoms with E-state index in [4.69, 9.17) is 0 Å². The predicted molar refractivity (Wildman–Crippen MR) is 115 cm³/mol. The first kappa shape index (κ1) is 22.6. The highest BCUT2D eigenvalue weighted by Gasteiger charge is 2.31. The molecule has 1 aliphatic heterocycles. The number of likely N-dealkylation sites (tertiary alicyclic amines) is 1. The normalized spacial score (nSPS) is 15.3. The van der Waals surface area contributed by atoms with Crippen LogP contribution in [0.15, 0.2) is 54.9 Å². The van der Waals surface area contributed by atoms with Gasteiger partial charge in [-0.1, -0.05) is 12.1 Å². The molecule has 1 saturated heterocycles. The van der Waals surface area contributed by atoms with Crippen LogP contribution in [0, 0.1) is 23.4 Å². The highest BCUT2D eigenvalue weighted by Crippen LogP contribution is 2.25. The first-order chi connectivity index (χ1) is 15.8.